The molecule has 0 spiro atoms. The van der Waals surface area contributed by atoms with Crippen LogP contribution in [0.3, 0.4) is 0 Å². The summed E-state index contributed by atoms with van der Waals surface area (Å²) < 4.78 is 24.9. The molecule has 1 unspecified atom stereocenters. The SMILES string of the molecule is CCCn1c(CCl)nnc1C1CCS(=O)(=O)C1. The number of alkyl halides is 1. The molecule has 7 heteroatoms. The minimum Gasteiger partial charge on any atom is -0.314 e. The van der Waals surface area contributed by atoms with E-state index < -0.39 is 9.84 Å². The van der Waals surface area contributed by atoms with E-state index in [1.54, 1.807) is 0 Å². The quantitative estimate of drug-likeness (QED) is 0.779. The summed E-state index contributed by atoms with van der Waals surface area (Å²) in [4.78, 5) is 0. The number of halogens is 1. The van der Waals surface area contributed by atoms with Gasteiger partial charge in [0.25, 0.3) is 0 Å². The Labute approximate surface area is 106 Å². The standard InChI is InChI=1S/C10H16ClN3O2S/c1-2-4-14-9(6-11)12-13-10(14)8-3-5-17(15,16)7-8/h8H,2-7H2,1H3. The molecule has 0 saturated carbocycles. The topological polar surface area (TPSA) is 64.8 Å². The third-order valence-corrected chi connectivity index (χ3v) is 5.03. The van der Waals surface area contributed by atoms with Gasteiger partial charge in [-0.1, -0.05) is 6.92 Å². The van der Waals surface area contributed by atoms with Crippen molar-refractivity contribution in [1.29, 1.82) is 0 Å². The van der Waals surface area contributed by atoms with E-state index in [2.05, 4.69) is 17.1 Å². The van der Waals surface area contributed by atoms with Gasteiger partial charge < -0.3 is 4.57 Å². The van der Waals surface area contributed by atoms with E-state index in [9.17, 15) is 8.42 Å². The summed E-state index contributed by atoms with van der Waals surface area (Å²) >= 11 is 5.80. The second kappa shape index (κ2) is 4.94. The third-order valence-electron chi connectivity index (χ3n) is 3.02. The van der Waals surface area contributed by atoms with Crippen LogP contribution in [0.15, 0.2) is 0 Å². The van der Waals surface area contributed by atoms with Crippen molar-refractivity contribution < 1.29 is 8.42 Å². The molecule has 0 N–H and O–H groups in total. The molecule has 5 nitrogen and oxygen atoms in total. The lowest BCUT2D eigenvalue weighted by Gasteiger charge is -2.11. The Morgan fingerprint density at radius 1 is 1.47 bits per heavy atom. The number of nitrogens with zero attached hydrogens (tertiary/aromatic N) is 3. The number of hydrogen-bond donors (Lipinski definition) is 0. The van der Waals surface area contributed by atoms with E-state index in [-0.39, 0.29) is 17.4 Å². The van der Waals surface area contributed by atoms with Crippen molar-refractivity contribution in [2.24, 2.45) is 0 Å². The first-order chi connectivity index (χ1) is 8.07. The molecule has 1 aromatic rings. The fraction of sp³-hybridized carbons (Fsp3) is 0.800. The molecule has 0 amide bonds. The zero-order valence-corrected chi connectivity index (χ0v) is 11.3. The van der Waals surface area contributed by atoms with E-state index in [0.29, 0.717) is 12.3 Å². The van der Waals surface area contributed by atoms with Gasteiger partial charge in [0.2, 0.25) is 0 Å². The normalized spacial score (nSPS) is 23.1. The maximum atomic E-state index is 11.5. The number of rotatable bonds is 4. The molecule has 1 fully saturated rings. The van der Waals surface area contributed by atoms with Gasteiger partial charge in [-0.3, -0.25) is 0 Å². The second-order valence-electron chi connectivity index (χ2n) is 4.36. The van der Waals surface area contributed by atoms with Gasteiger partial charge in [-0.25, -0.2) is 8.42 Å². The predicted molar refractivity (Wildman–Crippen MR) is 65.9 cm³/mol. The highest BCUT2D eigenvalue weighted by Gasteiger charge is 2.32. The Hall–Kier alpha value is -0.620. The van der Waals surface area contributed by atoms with Gasteiger partial charge in [0, 0.05) is 12.5 Å². The van der Waals surface area contributed by atoms with Gasteiger partial charge in [-0.15, -0.1) is 21.8 Å². The van der Waals surface area contributed by atoms with E-state index >= 15 is 0 Å². The summed E-state index contributed by atoms with van der Waals surface area (Å²) in [6, 6.07) is 0. The Morgan fingerprint density at radius 2 is 2.24 bits per heavy atom. The first kappa shape index (κ1) is 12.8. The monoisotopic (exact) mass is 277 g/mol. The highest BCUT2D eigenvalue weighted by Crippen LogP contribution is 2.28. The lowest BCUT2D eigenvalue weighted by molar-refractivity contribution is 0.579. The van der Waals surface area contributed by atoms with E-state index in [4.69, 9.17) is 11.6 Å². The number of sulfone groups is 1. The number of aromatic nitrogens is 3. The fourth-order valence-electron chi connectivity index (χ4n) is 2.22. The van der Waals surface area contributed by atoms with Gasteiger partial charge in [0.15, 0.2) is 9.84 Å². The van der Waals surface area contributed by atoms with Crippen molar-refractivity contribution in [3.63, 3.8) is 0 Å². The van der Waals surface area contributed by atoms with Crippen LogP contribution in [0.4, 0.5) is 0 Å². The molecule has 1 saturated heterocycles. The minimum absolute atomic E-state index is 0.0176. The van der Waals surface area contributed by atoms with E-state index in [1.807, 2.05) is 4.57 Å². The van der Waals surface area contributed by atoms with Crippen LogP contribution in [0.1, 0.15) is 37.3 Å². The molecule has 96 valence electrons. The molecular weight excluding hydrogens is 262 g/mol. The summed E-state index contributed by atoms with van der Waals surface area (Å²) in [6.45, 7) is 2.86. The van der Waals surface area contributed by atoms with Gasteiger partial charge in [-0.2, -0.15) is 0 Å². The molecule has 17 heavy (non-hydrogen) atoms. The van der Waals surface area contributed by atoms with Crippen LogP contribution in [-0.4, -0.2) is 34.7 Å². The molecular formula is C10H16ClN3O2S. The lowest BCUT2D eigenvalue weighted by Crippen LogP contribution is -2.12. The third kappa shape index (κ3) is 2.63. The Morgan fingerprint density at radius 3 is 2.76 bits per heavy atom. The molecule has 0 bridgehead atoms. The maximum Gasteiger partial charge on any atom is 0.151 e. The van der Waals surface area contributed by atoms with E-state index in [0.717, 1.165) is 24.6 Å². The molecule has 2 heterocycles. The highest BCUT2D eigenvalue weighted by atomic mass is 35.5. The van der Waals surface area contributed by atoms with Crippen molar-refractivity contribution in [3.8, 4) is 0 Å². The Balaban J connectivity index is 2.29. The first-order valence-electron chi connectivity index (χ1n) is 5.75. The minimum atomic E-state index is -2.89. The van der Waals surface area contributed by atoms with Gasteiger partial charge in [-0.05, 0) is 12.8 Å². The fourth-order valence-corrected chi connectivity index (χ4v) is 4.15. The Kier molecular flexibility index (Phi) is 3.73. The second-order valence-corrected chi connectivity index (χ2v) is 6.86. The molecule has 0 aromatic carbocycles. The molecule has 2 rings (SSSR count). The average molecular weight is 278 g/mol. The summed E-state index contributed by atoms with van der Waals surface area (Å²) in [5.41, 5.74) is 0. The molecule has 0 radical (unpaired) electrons. The Bertz CT molecular complexity index is 498. The molecule has 1 atom stereocenters. The molecule has 0 aliphatic carbocycles. The van der Waals surface area contributed by atoms with Gasteiger partial charge in [0.05, 0.1) is 17.4 Å². The summed E-state index contributed by atoms with van der Waals surface area (Å²) in [7, 11) is -2.89. The summed E-state index contributed by atoms with van der Waals surface area (Å²) in [5.74, 6) is 2.25. The van der Waals surface area contributed by atoms with Crippen molar-refractivity contribution >= 4 is 21.4 Å². The smallest absolute Gasteiger partial charge is 0.151 e. The van der Waals surface area contributed by atoms with Crippen LogP contribution in [0.25, 0.3) is 0 Å². The lowest BCUT2D eigenvalue weighted by atomic mass is 10.1. The molecule has 1 aliphatic rings. The zero-order valence-electron chi connectivity index (χ0n) is 9.76. The molecule has 1 aliphatic heterocycles. The van der Waals surface area contributed by atoms with Crippen molar-refractivity contribution in [1.82, 2.24) is 14.8 Å². The summed E-state index contributed by atoms with van der Waals surface area (Å²) in [6.07, 6.45) is 1.60. The van der Waals surface area contributed by atoms with Crippen LogP contribution in [0.5, 0.6) is 0 Å². The van der Waals surface area contributed by atoms with E-state index in [1.165, 1.54) is 0 Å². The van der Waals surface area contributed by atoms with Crippen molar-refractivity contribution in [3.05, 3.63) is 11.6 Å². The first-order valence-corrected chi connectivity index (χ1v) is 8.11. The number of hydrogen-bond acceptors (Lipinski definition) is 4. The van der Waals surface area contributed by atoms with Crippen molar-refractivity contribution in [2.45, 2.75) is 38.1 Å². The maximum absolute atomic E-state index is 11.5. The summed E-state index contributed by atoms with van der Waals surface area (Å²) in [5, 5.41) is 8.15. The van der Waals surface area contributed by atoms with Crippen LogP contribution < -0.4 is 0 Å². The average Bonchev–Trinajstić information content (AvgIpc) is 2.82. The van der Waals surface area contributed by atoms with Crippen LogP contribution in [0.2, 0.25) is 0 Å². The van der Waals surface area contributed by atoms with Crippen LogP contribution in [0, 0.1) is 0 Å². The van der Waals surface area contributed by atoms with Gasteiger partial charge in [0.1, 0.15) is 11.6 Å². The zero-order chi connectivity index (χ0) is 12.5. The molecule has 1 aromatic heterocycles. The predicted octanol–water partition coefficient (Wildman–Crippen LogP) is 1.33. The van der Waals surface area contributed by atoms with Crippen LogP contribution in [-0.2, 0) is 22.3 Å². The van der Waals surface area contributed by atoms with Gasteiger partial charge >= 0.3 is 0 Å². The highest BCUT2D eigenvalue weighted by molar-refractivity contribution is 7.91. The largest absolute Gasteiger partial charge is 0.314 e. The van der Waals surface area contributed by atoms with Crippen LogP contribution >= 0.6 is 11.6 Å². The van der Waals surface area contributed by atoms with Crippen molar-refractivity contribution in [2.75, 3.05) is 11.5 Å².